The number of hydrogen-bond donors (Lipinski definition) is 1. The fourth-order valence-corrected chi connectivity index (χ4v) is 3.83. The summed E-state index contributed by atoms with van der Waals surface area (Å²) in [4.78, 5) is 11.0. The Bertz CT molecular complexity index is 362. The van der Waals surface area contributed by atoms with E-state index in [-0.39, 0.29) is 17.3 Å². The van der Waals surface area contributed by atoms with Crippen molar-refractivity contribution >= 4 is 5.97 Å². The molecule has 2 bridgehead atoms. The molecule has 0 aromatic rings. The molecule has 4 rings (SSSR count). The molecule has 1 N–H and O–H groups in total. The summed E-state index contributed by atoms with van der Waals surface area (Å²) in [5.74, 6) is -1.62. The minimum atomic E-state index is -0.891. The highest BCUT2D eigenvalue weighted by Gasteiger charge is 2.56. The molecule has 21 heavy (non-hydrogen) atoms. The van der Waals surface area contributed by atoms with Crippen LogP contribution in [0, 0.1) is 17.3 Å². The van der Waals surface area contributed by atoms with E-state index in [0.717, 1.165) is 19.3 Å². The molecule has 0 spiro atoms. The molecule has 3 heterocycles. The lowest BCUT2D eigenvalue weighted by Crippen LogP contribution is -2.63. The van der Waals surface area contributed by atoms with E-state index in [1.54, 1.807) is 0 Å². The molecule has 1 aliphatic carbocycles. The second kappa shape index (κ2) is 5.86. The average molecular weight is 298 g/mol. The summed E-state index contributed by atoms with van der Waals surface area (Å²) in [6.45, 7) is 4.33. The number of rotatable bonds is 5. The maximum atomic E-state index is 11.0. The fourth-order valence-electron chi connectivity index (χ4n) is 3.83. The van der Waals surface area contributed by atoms with Gasteiger partial charge in [0.25, 0.3) is 5.97 Å². The fraction of sp³-hybridized carbons (Fsp3) is 0.938. The van der Waals surface area contributed by atoms with Crippen molar-refractivity contribution in [1.29, 1.82) is 0 Å². The minimum absolute atomic E-state index is 0.0377. The zero-order chi connectivity index (χ0) is 14.9. The summed E-state index contributed by atoms with van der Waals surface area (Å²) in [6.07, 6.45) is 6.43. The Hall–Kier alpha value is -0.650. The van der Waals surface area contributed by atoms with Crippen LogP contribution < -0.4 is 0 Å². The van der Waals surface area contributed by atoms with Crippen LogP contribution in [0.25, 0.3) is 0 Å². The number of carboxylic acid groups (broad SMARTS) is 1. The Labute approximate surface area is 125 Å². The van der Waals surface area contributed by atoms with Crippen LogP contribution in [0.4, 0.5) is 0 Å². The Balaban J connectivity index is 1.58. The van der Waals surface area contributed by atoms with Gasteiger partial charge in [0.05, 0.1) is 25.7 Å². The largest absolute Gasteiger partial charge is 0.481 e. The highest BCUT2D eigenvalue weighted by molar-refractivity contribution is 5.69. The molecule has 120 valence electrons. The topological polar surface area (TPSA) is 65.0 Å². The Morgan fingerprint density at radius 1 is 1.10 bits per heavy atom. The number of hydrogen-bond acceptors (Lipinski definition) is 4. The molecule has 0 atom stereocenters. The molecule has 4 aliphatic rings. The zero-order valence-electron chi connectivity index (χ0n) is 12.8. The van der Waals surface area contributed by atoms with E-state index in [0.29, 0.717) is 32.7 Å². The van der Waals surface area contributed by atoms with Crippen molar-refractivity contribution in [3.05, 3.63) is 0 Å². The van der Waals surface area contributed by atoms with Crippen LogP contribution in [0.5, 0.6) is 0 Å². The van der Waals surface area contributed by atoms with Crippen molar-refractivity contribution in [1.82, 2.24) is 0 Å². The van der Waals surface area contributed by atoms with Crippen LogP contribution >= 0.6 is 0 Å². The smallest absolute Gasteiger partial charge is 0.306 e. The molecule has 3 aliphatic heterocycles. The van der Waals surface area contributed by atoms with E-state index in [9.17, 15) is 4.79 Å². The van der Waals surface area contributed by atoms with Crippen molar-refractivity contribution in [2.45, 2.75) is 57.8 Å². The SMILES string of the molecule is CCCCC12COC(C3CCC(C(=O)O)CC3)(OC1)OC2. The van der Waals surface area contributed by atoms with E-state index in [2.05, 4.69) is 6.92 Å². The minimum Gasteiger partial charge on any atom is -0.481 e. The van der Waals surface area contributed by atoms with Gasteiger partial charge in [-0.25, -0.2) is 0 Å². The number of carboxylic acids is 1. The Morgan fingerprint density at radius 3 is 2.14 bits per heavy atom. The van der Waals surface area contributed by atoms with Gasteiger partial charge in [0.1, 0.15) is 0 Å². The molecule has 5 nitrogen and oxygen atoms in total. The van der Waals surface area contributed by atoms with Crippen molar-refractivity contribution < 1.29 is 24.1 Å². The molecule has 1 saturated carbocycles. The van der Waals surface area contributed by atoms with Gasteiger partial charge in [-0.2, -0.15) is 0 Å². The molecule has 0 unspecified atom stereocenters. The first-order valence-corrected chi connectivity index (χ1v) is 8.24. The first-order valence-electron chi connectivity index (χ1n) is 8.24. The van der Waals surface area contributed by atoms with Gasteiger partial charge in [0.15, 0.2) is 0 Å². The maximum Gasteiger partial charge on any atom is 0.306 e. The first kappa shape index (κ1) is 15.3. The van der Waals surface area contributed by atoms with Crippen LogP contribution in [0.15, 0.2) is 0 Å². The molecule has 5 heteroatoms. The quantitative estimate of drug-likeness (QED) is 0.845. The molecule has 0 amide bonds. The predicted molar refractivity (Wildman–Crippen MR) is 75.6 cm³/mol. The van der Waals surface area contributed by atoms with Crippen molar-refractivity contribution in [3.8, 4) is 0 Å². The number of carbonyl (C=O) groups is 1. The molecule has 0 radical (unpaired) electrons. The van der Waals surface area contributed by atoms with Crippen LogP contribution in [-0.4, -0.2) is 36.9 Å². The van der Waals surface area contributed by atoms with Gasteiger partial charge < -0.3 is 19.3 Å². The van der Waals surface area contributed by atoms with Crippen LogP contribution in [0.3, 0.4) is 0 Å². The average Bonchev–Trinajstić information content (AvgIpc) is 2.55. The van der Waals surface area contributed by atoms with Gasteiger partial charge in [0, 0.05) is 11.3 Å². The molecule has 4 fully saturated rings. The number of fused-ring (bicyclic) bond motifs is 3. The number of ether oxygens (including phenoxy) is 3. The van der Waals surface area contributed by atoms with Crippen LogP contribution in [0.2, 0.25) is 0 Å². The van der Waals surface area contributed by atoms with Crippen molar-refractivity contribution in [2.75, 3.05) is 19.8 Å². The highest BCUT2D eigenvalue weighted by atomic mass is 16.9. The summed E-state index contributed by atoms with van der Waals surface area (Å²) in [5, 5.41) is 9.09. The summed E-state index contributed by atoms with van der Waals surface area (Å²) in [5.41, 5.74) is 0.0377. The molecule has 0 aromatic carbocycles. The van der Waals surface area contributed by atoms with Crippen molar-refractivity contribution in [2.24, 2.45) is 17.3 Å². The van der Waals surface area contributed by atoms with Gasteiger partial charge in [-0.05, 0) is 32.1 Å². The van der Waals surface area contributed by atoms with Gasteiger partial charge in [-0.15, -0.1) is 0 Å². The molecule has 3 saturated heterocycles. The lowest BCUT2D eigenvalue weighted by Gasteiger charge is -2.55. The molecular weight excluding hydrogens is 272 g/mol. The third kappa shape index (κ3) is 2.83. The summed E-state index contributed by atoms with van der Waals surface area (Å²) in [7, 11) is 0. The highest BCUT2D eigenvalue weighted by Crippen LogP contribution is 2.48. The second-order valence-electron chi connectivity index (χ2n) is 6.96. The second-order valence-corrected chi connectivity index (χ2v) is 6.96. The lowest BCUT2D eigenvalue weighted by atomic mass is 9.78. The Kier molecular flexibility index (Phi) is 4.26. The van der Waals surface area contributed by atoms with E-state index in [1.807, 2.05) is 0 Å². The predicted octanol–water partition coefficient (Wildman–Crippen LogP) is 2.78. The molecule has 0 aromatic heterocycles. The van der Waals surface area contributed by atoms with Gasteiger partial charge >= 0.3 is 5.97 Å². The van der Waals surface area contributed by atoms with Gasteiger partial charge in [-0.1, -0.05) is 19.8 Å². The van der Waals surface area contributed by atoms with Gasteiger partial charge in [0.2, 0.25) is 0 Å². The van der Waals surface area contributed by atoms with E-state index in [4.69, 9.17) is 19.3 Å². The first-order chi connectivity index (χ1) is 10.1. The van der Waals surface area contributed by atoms with Gasteiger partial charge in [-0.3, -0.25) is 4.79 Å². The third-order valence-electron chi connectivity index (χ3n) is 5.38. The number of aliphatic carboxylic acids is 1. The van der Waals surface area contributed by atoms with E-state index < -0.39 is 11.9 Å². The van der Waals surface area contributed by atoms with Crippen LogP contribution in [-0.2, 0) is 19.0 Å². The van der Waals surface area contributed by atoms with E-state index in [1.165, 1.54) is 12.8 Å². The van der Waals surface area contributed by atoms with E-state index >= 15 is 0 Å². The standard InChI is InChI=1S/C16H26O5/c1-2-3-8-15-9-19-16(20-10-15,21-11-15)13-6-4-12(5-7-13)14(17)18/h12-13H,2-11H2,1H3,(H,17,18). The summed E-state index contributed by atoms with van der Waals surface area (Å²) < 4.78 is 18.0. The normalized spacial score (nSPS) is 42.9. The van der Waals surface area contributed by atoms with Crippen molar-refractivity contribution in [3.63, 3.8) is 0 Å². The summed E-state index contributed by atoms with van der Waals surface area (Å²) in [6, 6.07) is 0. The zero-order valence-corrected chi connectivity index (χ0v) is 12.8. The lowest BCUT2D eigenvalue weighted by molar-refractivity contribution is -0.488. The monoisotopic (exact) mass is 298 g/mol. The third-order valence-corrected chi connectivity index (χ3v) is 5.38. The molecular formula is C16H26O5. The number of unbranched alkanes of at least 4 members (excludes halogenated alkanes) is 1. The van der Waals surface area contributed by atoms with Crippen LogP contribution in [0.1, 0.15) is 51.9 Å². The summed E-state index contributed by atoms with van der Waals surface area (Å²) >= 11 is 0. The maximum absolute atomic E-state index is 11.0. The Morgan fingerprint density at radius 2 is 1.67 bits per heavy atom.